The lowest BCUT2D eigenvalue weighted by molar-refractivity contribution is -0.117. The van der Waals surface area contributed by atoms with E-state index in [1.54, 1.807) is 17.5 Å². The highest BCUT2D eigenvalue weighted by atomic mass is 32.1. The number of nitrogens with one attached hydrogen (secondary N) is 1. The van der Waals surface area contributed by atoms with Crippen LogP contribution in [-0.2, 0) is 22.4 Å². The van der Waals surface area contributed by atoms with Crippen molar-refractivity contribution < 1.29 is 9.59 Å². The predicted octanol–water partition coefficient (Wildman–Crippen LogP) is 1.61. The standard InChI is InChI=1S/C15H14N4O2S/c16-8-11-3-1-10(2-4-11)5-6-14(21)19-15-18-12(9-22-15)7-13(17)20/h1-4,9H,5-7H2,(H2,17,20)(H,18,19,21). The van der Waals surface area contributed by atoms with Gasteiger partial charge >= 0.3 is 0 Å². The van der Waals surface area contributed by atoms with Crippen molar-refractivity contribution in [2.45, 2.75) is 19.3 Å². The Hall–Kier alpha value is -2.72. The minimum Gasteiger partial charge on any atom is -0.369 e. The molecule has 7 heteroatoms. The molecule has 2 amide bonds. The maximum absolute atomic E-state index is 11.9. The van der Waals surface area contributed by atoms with Gasteiger partial charge < -0.3 is 11.1 Å². The van der Waals surface area contributed by atoms with E-state index in [1.165, 1.54) is 11.3 Å². The second-order valence-corrected chi connectivity index (χ2v) is 5.50. The Labute approximate surface area is 131 Å². The smallest absolute Gasteiger partial charge is 0.226 e. The summed E-state index contributed by atoms with van der Waals surface area (Å²) in [5.41, 5.74) is 7.23. The maximum Gasteiger partial charge on any atom is 0.226 e. The van der Waals surface area contributed by atoms with E-state index in [1.807, 2.05) is 18.2 Å². The average Bonchev–Trinajstić information content (AvgIpc) is 2.92. The van der Waals surface area contributed by atoms with E-state index in [2.05, 4.69) is 10.3 Å². The number of aryl methyl sites for hydroxylation is 1. The van der Waals surface area contributed by atoms with Gasteiger partial charge in [0.1, 0.15) is 0 Å². The van der Waals surface area contributed by atoms with Gasteiger partial charge in [0, 0.05) is 11.8 Å². The summed E-state index contributed by atoms with van der Waals surface area (Å²) in [6.07, 6.45) is 0.964. The van der Waals surface area contributed by atoms with Gasteiger partial charge in [-0.3, -0.25) is 9.59 Å². The maximum atomic E-state index is 11.9. The first-order chi connectivity index (χ1) is 10.6. The third-order valence-electron chi connectivity index (χ3n) is 2.88. The summed E-state index contributed by atoms with van der Waals surface area (Å²) >= 11 is 1.26. The summed E-state index contributed by atoms with van der Waals surface area (Å²) in [6, 6.07) is 9.17. The molecule has 6 nitrogen and oxygen atoms in total. The van der Waals surface area contributed by atoms with Crippen molar-refractivity contribution in [1.82, 2.24) is 4.98 Å². The number of aromatic nitrogens is 1. The quantitative estimate of drug-likeness (QED) is 0.844. The van der Waals surface area contributed by atoms with E-state index < -0.39 is 5.91 Å². The molecule has 0 atom stereocenters. The highest BCUT2D eigenvalue weighted by Gasteiger charge is 2.08. The number of carbonyl (C=O) groups is 2. The monoisotopic (exact) mass is 314 g/mol. The SMILES string of the molecule is N#Cc1ccc(CCC(=O)Nc2nc(CC(N)=O)cs2)cc1. The lowest BCUT2D eigenvalue weighted by Crippen LogP contribution is -2.14. The number of anilines is 1. The fourth-order valence-corrected chi connectivity index (χ4v) is 2.54. The average molecular weight is 314 g/mol. The zero-order chi connectivity index (χ0) is 15.9. The topological polar surface area (TPSA) is 109 Å². The Morgan fingerprint density at radius 2 is 2.05 bits per heavy atom. The van der Waals surface area contributed by atoms with Crippen molar-refractivity contribution in [3.63, 3.8) is 0 Å². The molecule has 0 aliphatic carbocycles. The number of carbonyl (C=O) groups excluding carboxylic acids is 2. The molecule has 0 saturated heterocycles. The van der Waals surface area contributed by atoms with Crippen molar-refractivity contribution in [3.05, 3.63) is 46.5 Å². The molecule has 22 heavy (non-hydrogen) atoms. The Morgan fingerprint density at radius 1 is 1.32 bits per heavy atom. The molecule has 1 aromatic heterocycles. The lowest BCUT2D eigenvalue weighted by Gasteiger charge is -2.02. The van der Waals surface area contributed by atoms with Crippen molar-refractivity contribution in [3.8, 4) is 6.07 Å². The summed E-state index contributed by atoms with van der Waals surface area (Å²) < 4.78 is 0. The molecule has 0 spiro atoms. The lowest BCUT2D eigenvalue weighted by atomic mass is 10.1. The van der Waals surface area contributed by atoms with E-state index in [0.717, 1.165) is 5.56 Å². The van der Waals surface area contributed by atoms with E-state index >= 15 is 0 Å². The Morgan fingerprint density at radius 3 is 2.68 bits per heavy atom. The van der Waals surface area contributed by atoms with E-state index in [9.17, 15) is 9.59 Å². The molecular weight excluding hydrogens is 300 g/mol. The van der Waals surface area contributed by atoms with Crippen molar-refractivity contribution in [2.75, 3.05) is 5.32 Å². The fourth-order valence-electron chi connectivity index (χ4n) is 1.81. The summed E-state index contributed by atoms with van der Waals surface area (Å²) in [4.78, 5) is 26.8. The molecule has 112 valence electrons. The molecular formula is C15H14N4O2S. The van der Waals surface area contributed by atoms with E-state index in [4.69, 9.17) is 11.0 Å². The van der Waals surface area contributed by atoms with Crippen LogP contribution in [0.25, 0.3) is 0 Å². The molecule has 1 heterocycles. The first kappa shape index (κ1) is 15.7. The van der Waals surface area contributed by atoms with Gasteiger partial charge in [0.15, 0.2) is 5.13 Å². The molecule has 0 radical (unpaired) electrons. The van der Waals surface area contributed by atoms with Crippen LogP contribution in [-0.4, -0.2) is 16.8 Å². The van der Waals surface area contributed by atoms with Gasteiger partial charge in [0.25, 0.3) is 0 Å². The molecule has 0 aliphatic rings. The van der Waals surface area contributed by atoms with Gasteiger partial charge in [-0.2, -0.15) is 5.26 Å². The number of nitrogens with zero attached hydrogens (tertiary/aromatic N) is 2. The van der Waals surface area contributed by atoms with Crippen LogP contribution in [0.3, 0.4) is 0 Å². The van der Waals surface area contributed by atoms with Gasteiger partial charge in [-0.1, -0.05) is 12.1 Å². The second kappa shape index (κ2) is 7.33. The van der Waals surface area contributed by atoms with Crippen molar-refractivity contribution >= 4 is 28.3 Å². The predicted molar refractivity (Wildman–Crippen MR) is 83.1 cm³/mol. The van der Waals surface area contributed by atoms with Crippen molar-refractivity contribution in [1.29, 1.82) is 5.26 Å². The van der Waals surface area contributed by atoms with Crippen molar-refractivity contribution in [2.24, 2.45) is 5.73 Å². The largest absolute Gasteiger partial charge is 0.369 e. The Balaban J connectivity index is 1.83. The normalized spacial score (nSPS) is 9.95. The Kier molecular flexibility index (Phi) is 5.22. The van der Waals surface area contributed by atoms with Crippen LogP contribution < -0.4 is 11.1 Å². The minimum absolute atomic E-state index is 0.0671. The summed E-state index contributed by atoms with van der Waals surface area (Å²) in [6.45, 7) is 0. The number of amides is 2. The zero-order valence-electron chi connectivity index (χ0n) is 11.7. The van der Waals surface area contributed by atoms with Crippen LogP contribution in [0.5, 0.6) is 0 Å². The molecule has 2 aromatic rings. The number of thiazole rings is 1. The first-order valence-corrected chi connectivity index (χ1v) is 7.46. The minimum atomic E-state index is -0.455. The summed E-state index contributed by atoms with van der Waals surface area (Å²) in [5, 5.41) is 13.6. The van der Waals surface area contributed by atoms with Gasteiger partial charge in [0.05, 0.1) is 23.7 Å². The third kappa shape index (κ3) is 4.68. The number of nitriles is 1. The number of hydrogen-bond donors (Lipinski definition) is 2. The Bertz CT molecular complexity index is 716. The molecule has 0 unspecified atom stereocenters. The first-order valence-electron chi connectivity index (χ1n) is 6.58. The second-order valence-electron chi connectivity index (χ2n) is 4.64. The number of benzene rings is 1. The van der Waals surface area contributed by atoms with Crippen LogP contribution >= 0.6 is 11.3 Å². The number of hydrogen-bond acceptors (Lipinski definition) is 5. The van der Waals surface area contributed by atoms with Gasteiger partial charge in [-0.05, 0) is 24.1 Å². The van der Waals surface area contributed by atoms with Crippen LogP contribution in [0.15, 0.2) is 29.6 Å². The van der Waals surface area contributed by atoms with Crippen LogP contribution in [0.2, 0.25) is 0 Å². The fraction of sp³-hybridized carbons (Fsp3) is 0.200. The molecule has 1 aromatic carbocycles. The molecule has 0 bridgehead atoms. The van der Waals surface area contributed by atoms with E-state index in [0.29, 0.717) is 29.2 Å². The number of primary amides is 1. The third-order valence-corrected chi connectivity index (χ3v) is 3.68. The van der Waals surface area contributed by atoms with Crippen LogP contribution in [0, 0.1) is 11.3 Å². The number of rotatable bonds is 6. The molecule has 0 fully saturated rings. The van der Waals surface area contributed by atoms with Gasteiger partial charge in [0.2, 0.25) is 11.8 Å². The zero-order valence-corrected chi connectivity index (χ0v) is 12.5. The molecule has 3 N–H and O–H groups in total. The summed E-state index contributed by atoms with van der Waals surface area (Å²) in [7, 11) is 0. The highest BCUT2D eigenvalue weighted by molar-refractivity contribution is 7.13. The summed E-state index contributed by atoms with van der Waals surface area (Å²) in [5.74, 6) is -0.603. The van der Waals surface area contributed by atoms with E-state index in [-0.39, 0.29) is 12.3 Å². The molecule has 0 saturated carbocycles. The van der Waals surface area contributed by atoms with Gasteiger partial charge in [-0.25, -0.2) is 4.98 Å². The molecule has 0 aliphatic heterocycles. The van der Waals surface area contributed by atoms with Gasteiger partial charge in [-0.15, -0.1) is 11.3 Å². The molecule has 2 rings (SSSR count). The highest BCUT2D eigenvalue weighted by Crippen LogP contribution is 2.16. The van der Waals surface area contributed by atoms with Crippen LogP contribution in [0.4, 0.5) is 5.13 Å². The van der Waals surface area contributed by atoms with Crippen LogP contribution in [0.1, 0.15) is 23.2 Å². The number of nitrogens with two attached hydrogens (primary N) is 1.